The number of halogens is 2. The Hall–Kier alpha value is -2.65. The summed E-state index contributed by atoms with van der Waals surface area (Å²) in [4.78, 5) is 3.28. The molecule has 0 amide bonds. The van der Waals surface area contributed by atoms with Gasteiger partial charge in [-0.05, 0) is 36.8 Å². The van der Waals surface area contributed by atoms with Crippen LogP contribution in [0.5, 0.6) is 0 Å². The molecule has 6 nitrogen and oxygen atoms in total. The summed E-state index contributed by atoms with van der Waals surface area (Å²) in [6, 6.07) is 6.85. The second-order valence-electron chi connectivity index (χ2n) is 5.69. The number of aromatic nitrogens is 2. The maximum atomic E-state index is 14.3. The van der Waals surface area contributed by atoms with Gasteiger partial charge < -0.3 is 9.63 Å². The predicted octanol–water partition coefficient (Wildman–Crippen LogP) is 2.89. The van der Waals surface area contributed by atoms with Crippen LogP contribution in [0.25, 0.3) is 22.5 Å². The fourth-order valence-electron chi connectivity index (χ4n) is 2.64. The Morgan fingerprint density at radius 1 is 1.19 bits per heavy atom. The first-order chi connectivity index (χ1) is 12.2. The van der Waals surface area contributed by atoms with Gasteiger partial charge in [-0.3, -0.25) is 4.98 Å². The van der Waals surface area contributed by atoms with E-state index in [0.29, 0.717) is 11.4 Å². The molecule has 3 rings (SSSR count). The van der Waals surface area contributed by atoms with Crippen LogP contribution in [0.15, 0.2) is 39.8 Å². The first-order valence-corrected chi connectivity index (χ1v) is 9.34. The van der Waals surface area contributed by atoms with Crippen LogP contribution in [-0.2, 0) is 16.4 Å². The lowest BCUT2D eigenvalue weighted by molar-refractivity contribution is 0.230. The first kappa shape index (κ1) is 18.2. The van der Waals surface area contributed by atoms with E-state index in [9.17, 15) is 22.3 Å². The van der Waals surface area contributed by atoms with E-state index in [1.54, 1.807) is 25.1 Å². The molecule has 0 fully saturated rings. The summed E-state index contributed by atoms with van der Waals surface area (Å²) >= 11 is 0. The van der Waals surface area contributed by atoms with Crippen molar-refractivity contribution in [2.24, 2.45) is 0 Å². The SMILES string of the molecule is Cc1cccc(-c2noc(CO)c2-c2cc(F)c(S(C)(=O)=O)c(F)c2)n1. The summed E-state index contributed by atoms with van der Waals surface area (Å²) in [5.41, 5.74) is 1.38. The van der Waals surface area contributed by atoms with Gasteiger partial charge in [-0.25, -0.2) is 17.2 Å². The Bertz CT molecular complexity index is 1070. The number of pyridine rings is 1. The molecule has 136 valence electrons. The molecule has 0 radical (unpaired) electrons. The number of sulfone groups is 1. The molecule has 0 saturated heterocycles. The molecule has 0 atom stereocenters. The smallest absolute Gasteiger partial charge is 0.181 e. The van der Waals surface area contributed by atoms with Crippen molar-refractivity contribution in [3.63, 3.8) is 0 Å². The summed E-state index contributed by atoms with van der Waals surface area (Å²) in [5.74, 6) is -2.50. The lowest BCUT2D eigenvalue weighted by Crippen LogP contribution is -2.05. The number of aliphatic hydroxyl groups is 1. The summed E-state index contributed by atoms with van der Waals surface area (Å²) in [7, 11) is -4.08. The van der Waals surface area contributed by atoms with Gasteiger partial charge in [-0.1, -0.05) is 11.2 Å². The van der Waals surface area contributed by atoms with E-state index in [2.05, 4.69) is 10.1 Å². The average Bonchev–Trinajstić information content (AvgIpc) is 2.96. The Labute approximate surface area is 148 Å². The van der Waals surface area contributed by atoms with Crippen LogP contribution in [0.2, 0.25) is 0 Å². The Morgan fingerprint density at radius 2 is 1.85 bits per heavy atom. The zero-order valence-corrected chi connectivity index (χ0v) is 14.6. The number of aryl methyl sites for hydroxylation is 1. The highest BCUT2D eigenvalue weighted by molar-refractivity contribution is 7.90. The quantitative estimate of drug-likeness (QED) is 0.748. The van der Waals surface area contributed by atoms with Gasteiger partial charge >= 0.3 is 0 Å². The monoisotopic (exact) mass is 380 g/mol. The Morgan fingerprint density at radius 3 is 2.38 bits per heavy atom. The predicted molar refractivity (Wildman–Crippen MR) is 88.9 cm³/mol. The summed E-state index contributed by atoms with van der Waals surface area (Å²) in [6.07, 6.45) is 0.717. The van der Waals surface area contributed by atoms with Gasteiger partial charge in [0.1, 0.15) is 28.8 Å². The lowest BCUT2D eigenvalue weighted by Gasteiger charge is -2.08. The van der Waals surface area contributed by atoms with Crippen LogP contribution in [0, 0.1) is 18.6 Å². The Kier molecular flexibility index (Phi) is 4.59. The molecule has 0 aliphatic carbocycles. The molecule has 1 N–H and O–H groups in total. The largest absolute Gasteiger partial charge is 0.388 e. The second-order valence-corrected chi connectivity index (χ2v) is 7.65. The standard InChI is InChI=1S/C17H14F2N2O4S/c1-9-4-3-5-13(20-9)16-15(14(8-22)25-21-16)10-6-11(18)17(12(19)7-10)26(2,23)24/h3-7,22H,8H2,1-2H3. The number of hydrogen-bond donors (Lipinski definition) is 1. The number of aliphatic hydroxyl groups excluding tert-OH is 1. The molecule has 1 aromatic carbocycles. The zero-order valence-electron chi connectivity index (χ0n) is 13.8. The minimum absolute atomic E-state index is 0.0176. The molecule has 9 heteroatoms. The van der Waals surface area contributed by atoms with Crippen molar-refractivity contribution in [1.29, 1.82) is 0 Å². The van der Waals surface area contributed by atoms with Gasteiger partial charge in [0.05, 0.1) is 11.3 Å². The van der Waals surface area contributed by atoms with E-state index < -0.39 is 33.0 Å². The van der Waals surface area contributed by atoms with E-state index in [1.165, 1.54) is 0 Å². The van der Waals surface area contributed by atoms with Gasteiger partial charge in [0.2, 0.25) is 0 Å². The summed E-state index contributed by atoms with van der Waals surface area (Å²) in [5, 5.41) is 13.3. The maximum Gasteiger partial charge on any atom is 0.181 e. The van der Waals surface area contributed by atoms with Crippen molar-refractivity contribution in [1.82, 2.24) is 10.1 Å². The van der Waals surface area contributed by atoms with Crippen molar-refractivity contribution >= 4 is 9.84 Å². The van der Waals surface area contributed by atoms with Crippen molar-refractivity contribution in [3.05, 3.63) is 53.4 Å². The minimum Gasteiger partial charge on any atom is -0.388 e. The van der Waals surface area contributed by atoms with Crippen molar-refractivity contribution in [2.75, 3.05) is 6.26 Å². The second kappa shape index (κ2) is 6.58. The third-order valence-corrected chi connectivity index (χ3v) is 4.83. The fourth-order valence-corrected chi connectivity index (χ4v) is 3.46. The van der Waals surface area contributed by atoms with Gasteiger partial charge in [0, 0.05) is 11.9 Å². The fraction of sp³-hybridized carbons (Fsp3) is 0.176. The number of rotatable bonds is 4. The summed E-state index contributed by atoms with van der Waals surface area (Å²) in [6.45, 7) is 1.20. The van der Waals surface area contributed by atoms with Gasteiger partial charge in [0.25, 0.3) is 0 Å². The van der Waals surface area contributed by atoms with Crippen LogP contribution in [0.1, 0.15) is 11.5 Å². The van der Waals surface area contributed by atoms with Crippen molar-refractivity contribution < 1.29 is 26.8 Å². The summed E-state index contributed by atoms with van der Waals surface area (Å²) < 4.78 is 56.8. The molecule has 0 unspecified atom stereocenters. The first-order valence-electron chi connectivity index (χ1n) is 7.45. The van der Waals surface area contributed by atoms with Crippen molar-refractivity contribution in [3.8, 4) is 22.5 Å². The van der Waals surface area contributed by atoms with E-state index in [0.717, 1.165) is 18.4 Å². The Balaban J connectivity index is 2.26. The number of nitrogens with zero attached hydrogens (tertiary/aromatic N) is 2. The van der Waals surface area contributed by atoms with E-state index in [4.69, 9.17) is 4.52 Å². The molecule has 0 saturated carbocycles. The highest BCUT2D eigenvalue weighted by Gasteiger charge is 2.25. The van der Waals surface area contributed by atoms with Crippen molar-refractivity contribution in [2.45, 2.75) is 18.4 Å². The highest BCUT2D eigenvalue weighted by Crippen LogP contribution is 2.36. The van der Waals surface area contributed by atoms with Crippen LogP contribution in [0.3, 0.4) is 0 Å². The molecule has 2 aromatic heterocycles. The minimum atomic E-state index is -4.08. The molecule has 26 heavy (non-hydrogen) atoms. The van der Waals surface area contributed by atoms with E-state index in [-0.39, 0.29) is 22.6 Å². The number of hydrogen-bond acceptors (Lipinski definition) is 6. The highest BCUT2D eigenvalue weighted by atomic mass is 32.2. The molecule has 0 aliphatic heterocycles. The number of benzene rings is 1. The van der Waals surface area contributed by atoms with Gasteiger partial charge in [-0.2, -0.15) is 0 Å². The van der Waals surface area contributed by atoms with Crippen LogP contribution in [-0.4, -0.2) is 29.9 Å². The molecule has 0 spiro atoms. The lowest BCUT2D eigenvalue weighted by atomic mass is 10.0. The molecule has 2 heterocycles. The van der Waals surface area contributed by atoms with Crippen LogP contribution >= 0.6 is 0 Å². The zero-order chi connectivity index (χ0) is 19.1. The normalized spacial score (nSPS) is 11.7. The molecule has 3 aromatic rings. The third-order valence-electron chi connectivity index (χ3n) is 3.70. The van der Waals surface area contributed by atoms with Crippen LogP contribution in [0.4, 0.5) is 8.78 Å². The molecular formula is C17H14F2N2O4S. The molecule has 0 aliphatic rings. The maximum absolute atomic E-state index is 14.3. The van der Waals surface area contributed by atoms with E-state index in [1.807, 2.05) is 0 Å². The van der Waals surface area contributed by atoms with Crippen LogP contribution < -0.4 is 0 Å². The topological polar surface area (TPSA) is 93.3 Å². The molecular weight excluding hydrogens is 366 g/mol. The van der Waals surface area contributed by atoms with Gasteiger partial charge in [0.15, 0.2) is 15.6 Å². The van der Waals surface area contributed by atoms with E-state index >= 15 is 0 Å². The third kappa shape index (κ3) is 3.23. The van der Waals surface area contributed by atoms with Gasteiger partial charge in [-0.15, -0.1) is 0 Å². The average molecular weight is 380 g/mol. The molecule has 0 bridgehead atoms.